The van der Waals surface area contributed by atoms with E-state index in [2.05, 4.69) is 6.07 Å². The van der Waals surface area contributed by atoms with Gasteiger partial charge in [-0.05, 0) is 49.2 Å². The van der Waals surface area contributed by atoms with E-state index in [0.717, 1.165) is 28.7 Å². The minimum atomic E-state index is -0.958. The first-order valence-corrected chi connectivity index (χ1v) is 6.31. The molecule has 20 heavy (non-hydrogen) atoms. The first-order valence-electron chi connectivity index (χ1n) is 6.31. The van der Waals surface area contributed by atoms with Gasteiger partial charge in [-0.15, -0.1) is 0 Å². The van der Waals surface area contributed by atoms with Gasteiger partial charge in [-0.25, -0.2) is 4.79 Å². The number of carboxylic acid groups (broad SMARTS) is 1. The van der Waals surface area contributed by atoms with Gasteiger partial charge in [0.05, 0.1) is 0 Å². The predicted octanol–water partition coefficient (Wildman–Crippen LogP) is 4.19. The number of hydrogen-bond donors (Lipinski definition) is 1. The second kappa shape index (κ2) is 6.06. The molecule has 0 aromatic heterocycles. The lowest BCUT2D eigenvalue weighted by atomic mass is 10.1. The molecular weight excluding hydrogens is 252 g/mol. The molecule has 2 aromatic carbocycles. The summed E-state index contributed by atoms with van der Waals surface area (Å²) in [6.45, 7) is 4.05. The third-order valence-corrected chi connectivity index (χ3v) is 2.86. The van der Waals surface area contributed by atoms with Crippen LogP contribution in [0, 0.1) is 13.8 Å². The minimum Gasteiger partial charge on any atom is -0.478 e. The average molecular weight is 268 g/mol. The van der Waals surface area contributed by atoms with Crippen molar-refractivity contribution in [3.63, 3.8) is 0 Å². The number of rotatable bonds is 4. The molecule has 0 unspecified atom stereocenters. The van der Waals surface area contributed by atoms with Crippen LogP contribution in [0.5, 0.6) is 11.5 Å². The Balaban J connectivity index is 2.12. The number of carboxylic acids is 1. The highest BCUT2D eigenvalue weighted by Crippen LogP contribution is 2.26. The van der Waals surface area contributed by atoms with Crippen molar-refractivity contribution in [2.24, 2.45) is 0 Å². The van der Waals surface area contributed by atoms with Gasteiger partial charge < -0.3 is 9.84 Å². The van der Waals surface area contributed by atoms with Gasteiger partial charge in [-0.1, -0.05) is 29.8 Å². The zero-order chi connectivity index (χ0) is 14.5. The lowest BCUT2D eigenvalue weighted by Crippen LogP contribution is -1.89. The molecule has 2 rings (SSSR count). The zero-order valence-corrected chi connectivity index (χ0v) is 11.5. The van der Waals surface area contributed by atoms with E-state index in [9.17, 15) is 4.79 Å². The third-order valence-electron chi connectivity index (χ3n) is 2.86. The quantitative estimate of drug-likeness (QED) is 0.845. The van der Waals surface area contributed by atoms with Gasteiger partial charge in [0.1, 0.15) is 11.5 Å². The molecule has 0 atom stereocenters. The maximum absolute atomic E-state index is 10.4. The summed E-state index contributed by atoms with van der Waals surface area (Å²) in [7, 11) is 0. The molecule has 1 N–H and O–H groups in total. The van der Waals surface area contributed by atoms with Gasteiger partial charge >= 0.3 is 5.97 Å². The highest BCUT2D eigenvalue weighted by Gasteiger charge is 2.01. The lowest BCUT2D eigenvalue weighted by molar-refractivity contribution is -0.131. The molecule has 0 aliphatic rings. The van der Waals surface area contributed by atoms with Crippen molar-refractivity contribution in [2.75, 3.05) is 0 Å². The number of aryl methyl sites for hydroxylation is 2. The summed E-state index contributed by atoms with van der Waals surface area (Å²) in [6.07, 6.45) is 2.66. The number of aliphatic carboxylic acids is 1. The summed E-state index contributed by atoms with van der Waals surface area (Å²) in [5, 5.41) is 8.57. The minimum absolute atomic E-state index is 0.726. The van der Waals surface area contributed by atoms with Gasteiger partial charge in [0.25, 0.3) is 0 Å². The van der Waals surface area contributed by atoms with E-state index >= 15 is 0 Å². The van der Waals surface area contributed by atoms with E-state index in [0.29, 0.717) is 0 Å². The normalized spacial score (nSPS) is 10.7. The fraction of sp³-hybridized carbons (Fsp3) is 0.118. The Morgan fingerprint density at radius 3 is 2.40 bits per heavy atom. The van der Waals surface area contributed by atoms with Crippen molar-refractivity contribution in [3.05, 3.63) is 65.2 Å². The summed E-state index contributed by atoms with van der Waals surface area (Å²) in [5.41, 5.74) is 3.10. The van der Waals surface area contributed by atoms with Crippen LogP contribution >= 0.6 is 0 Å². The number of carbonyl (C=O) groups is 1. The molecule has 0 aliphatic heterocycles. The first kappa shape index (κ1) is 13.9. The topological polar surface area (TPSA) is 46.5 Å². The van der Waals surface area contributed by atoms with Crippen molar-refractivity contribution in [3.8, 4) is 11.5 Å². The van der Waals surface area contributed by atoms with E-state index in [1.807, 2.05) is 50.2 Å². The summed E-state index contributed by atoms with van der Waals surface area (Å²) in [6, 6.07) is 13.3. The van der Waals surface area contributed by atoms with Crippen LogP contribution in [0.1, 0.15) is 16.7 Å². The molecule has 0 bridgehead atoms. The fourth-order valence-electron chi connectivity index (χ4n) is 1.86. The molecule has 0 heterocycles. The van der Waals surface area contributed by atoms with Crippen LogP contribution in [0.3, 0.4) is 0 Å². The summed E-state index contributed by atoms with van der Waals surface area (Å²) in [5.74, 6) is 0.592. The summed E-state index contributed by atoms with van der Waals surface area (Å²) >= 11 is 0. The maximum Gasteiger partial charge on any atom is 0.328 e. The SMILES string of the molecule is Cc1ccc(Oc2ccc(/C=C/C(=O)O)cc2)c(C)c1. The Hall–Kier alpha value is -2.55. The fourth-order valence-corrected chi connectivity index (χ4v) is 1.86. The largest absolute Gasteiger partial charge is 0.478 e. The van der Waals surface area contributed by atoms with Crippen LogP contribution in [-0.4, -0.2) is 11.1 Å². The molecule has 0 saturated heterocycles. The number of hydrogen-bond acceptors (Lipinski definition) is 2. The van der Waals surface area contributed by atoms with Crippen LogP contribution in [0.15, 0.2) is 48.5 Å². The molecule has 0 aliphatic carbocycles. The Bertz CT molecular complexity index is 640. The van der Waals surface area contributed by atoms with E-state index in [-0.39, 0.29) is 0 Å². The molecule has 0 amide bonds. The number of ether oxygens (including phenoxy) is 1. The van der Waals surface area contributed by atoms with E-state index in [1.165, 1.54) is 5.56 Å². The van der Waals surface area contributed by atoms with Gasteiger partial charge in [0.15, 0.2) is 0 Å². The lowest BCUT2D eigenvalue weighted by Gasteiger charge is -2.09. The highest BCUT2D eigenvalue weighted by atomic mass is 16.5. The molecule has 3 heteroatoms. The molecule has 0 fully saturated rings. The van der Waals surface area contributed by atoms with E-state index in [4.69, 9.17) is 9.84 Å². The number of benzene rings is 2. The Morgan fingerprint density at radius 1 is 1.10 bits per heavy atom. The van der Waals surface area contributed by atoms with Crippen LogP contribution in [0.2, 0.25) is 0 Å². The second-order valence-corrected chi connectivity index (χ2v) is 4.61. The van der Waals surface area contributed by atoms with Crippen molar-refractivity contribution in [1.82, 2.24) is 0 Å². The van der Waals surface area contributed by atoms with Gasteiger partial charge in [0, 0.05) is 6.08 Å². The third kappa shape index (κ3) is 3.72. The standard InChI is InChI=1S/C17H16O3/c1-12-3-9-16(13(2)11-12)20-15-7-4-14(5-8-15)6-10-17(18)19/h3-11H,1-2H3,(H,18,19)/b10-6+. The Morgan fingerprint density at radius 2 is 1.80 bits per heavy atom. The van der Waals surface area contributed by atoms with E-state index in [1.54, 1.807) is 6.08 Å². The average Bonchev–Trinajstić information content (AvgIpc) is 2.41. The van der Waals surface area contributed by atoms with Gasteiger partial charge in [-0.3, -0.25) is 0 Å². The second-order valence-electron chi connectivity index (χ2n) is 4.61. The van der Waals surface area contributed by atoms with Crippen molar-refractivity contribution in [1.29, 1.82) is 0 Å². The van der Waals surface area contributed by atoms with Crippen LogP contribution in [0.25, 0.3) is 6.08 Å². The monoisotopic (exact) mass is 268 g/mol. The zero-order valence-electron chi connectivity index (χ0n) is 11.5. The maximum atomic E-state index is 10.4. The van der Waals surface area contributed by atoms with Crippen molar-refractivity contribution < 1.29 is 14.6 Å². The Kier molecular flexibility index (Phi) is 4.20. The molecule has 0 radical (unpaired) electrons. The van der Waals surface area contributed by atoms with E-state index < -0.39 is 5.97 Å². The smallest absolute Gasteiger partial charge is 0.328 e. The predicted molar refractivity (Wildman–Crippen MR) is 79.1 cm³/mol. The summed E-state index contributed by atoms with van der Waals surface area (Å²) in [4.78, 5) is 10.4. The molecular formula is C17H16O3. The van der Waals surface area contributed by atoms with Gasteiger partial charge in [-0.2, -0.15) is 0 Å². The highest BCUT2D eigenvalue weighted by molar-refractivity contribution is 5.85. The molecule has 0 saturated carbocycles. The van der Waals surface area contributed by atoms with Crippen molar-refractivity contribution >= 4 is 12.0 Å². The molecule has 0 spiro atoms. The van der Waals surface area contributed by atoms with Gasteiger partial charge in [0.2, 0.25) is 0 Å². The molecule has 2 aromatic rings. The molecule has 3 nitrogen and oxygen atoms in total. The molecule has 102 valence electrons. The van der Waals surface area contributed by atoms with Crippen LogP contribution < -0.4 is 4.74 Å². The first-order chi connectivity index (χ1) is 9.54. The summed E-state index contributed by atoms with van der Waals surface area (Å²) < 4.78 is 5.80. The van der Waals surface area contributed by atoms with Crippen LogP contribution in [-0.2, 0) is 4.79 Å². The Labute approximate surface area is 118 Å². The van der Waals surface area contributed by atoms with Crippen LogP contribution in [0.4, 0.5) is 0 Å². The van der Waals surface area contributed by atoms with Crippen molar-refractivity contribution in [2.45, 2.75) is 13.8 Å².